The summed E-state index contributed by atoms with van der Waals surface area (Å²) in [6.45, 7) is 1.99. The summed E-state index contributed by atoms with van der Waals surface area (Å²) < 4.78 is 13.7. The van der Waals surface area contributed by atoms with Crippen molar-refractivity contribution < 1.29 is 9.00 Å². The van der Waals surface area contributed by atoms with Crippen LogP contribution < -0.4 is 5.32 Å². The van der Waals surface area contributed by atoms with Crippen molar-refractivity contribution >= 4 is 34.1 Å². The molecule has 2 atom stereocenters. The van der Waals surface area contributed by atoms with Crippen molar-refractivity contribution in [3.8, 4) is 5.69 Å². The number of carbonyl (C=O) groups excluding carboxylic acids is 1. The van der Waals surface area contributed by atoms with Gasteiger partial charge in [-0.3, -0.25) is 9.00 Å². The summed E-state index contributed by atoms with van der Waals surface area (Å²) in [7, 11) is -0.984. The third kappa shape index (κ3) is 3.62. The van der Waals surface area contributed by atoms with Crippen LogP contribution >= 0.6 is 11.6 Å². The average Bonchev–Trinajstić information content (AvgIpc) is 3.20. The van der Waals surface area contributed by atoms with Gasteiger partial charge in [0.2, 0.25) is 5.91 Å². The van der Waals surface area contributed by atoms with E-state index in [0.29, 0.717) is 28.8 Å². The topological polar surface area (TPSA) is 64.0 Å². The Balaban J connectivity index is 1.72. The number of aromatic nitrogens is 2. The third-order valence-corrected chi connectivity index (χ3v) is 6.33. The minimum absolute atomic E-state index is 0.0997. The van der Waals surface area contributed by atoms with E-state index in [1.165, 1.54) is 0 Å². The van der Waals surface area contributed by atoms with Gasteiger partial charge in [0, 0.05) is 21.4 Å². The predicted molar refractivity (Wildman–Crippen MR) is 112 cm³/mol. The summed E-state index contributed by atoms with van der Waals surface area (Å²) in [6.07, 6.45) is 0.676. The maximum absolute atomic E-state index is 13.1. The minimum atomic E-state index is -0.984. The van der Waals surface area contributed by atoms with Crippen molar-refractivity contribution in [2.24, 2.45) is 0 Å². The van der Waals surface area contributed by atoms with Gasteiger partial charge >= 0.3 is 0 Å². The molecule has 28 heavy (non-hydrogen) atoms. The Morgan fingerprint density at radius 2 is 2.00 bits per heavy atom. The molecule has 0 saturated carbocycles. The van der Waals surface area contributed by atoms with Gasteiger partial charge in [-0.25, -0.2) is 4.68 Å². The molecule has 5 nitrogen and oxygen atoms in total. The van der Waals surface area contributed by atoms with Gasteiger partial charge in [-0.1, -0.05) is 54.9 Å². The quantitative estimate of drug-likeness (QED) is 0.673. The van der Waals surface area contributed by atoms with Gasteiger partial charge in [0.1, 0.15) is 5.82 Å². The van der Waals surface area contributed by atoms with Gasteiger partial charge in [0.05, 0.1) is 28.8 Å². The molecule has 0 bridgehead atoms. The van der Waals surface area contributed by atoms with Crippen LogP contribution in [0.25, 0.3) is 5.69 Å². The second-order valence-corrected chi connectivity index (χ2v) is 8.65. The predicted octanol–water partition coefficient (Wildman–Crippen LogP) is 4.42. The molecule has 0 aliphatic carbocycles. The van der Waals surface area contributed by atoms with E-state index in [1.54, 1.807) is 16.8 Å². The number of hydrogen-bond donors (Lipinski definition) is 1. The number of hydrogen-bond acceptors (Lipinski definition) is 3. The Morgan fingerprint density at radius 1 is 1.21 bits per heavy atom. The summed E-state index contributed by atoms with van der Waals surface area (Å²) in [6, 6.07) is 17.0. The number of anilines is 1. The third-order valence-electron chi connectivity index (χ3n) is 4.89. The van der Waals surface area contributed by atoms with Crippen molar-refractivity contribution in [2.45, 2.75) is 30.8 Å². The van der Waals surface area contributed by atoms with Gasteiger partial charge in [-0.2, -0.15) is 5.10 Å². The fourth-order valence-electron chi connectivity index (χ4n) is 3.51. The standard InChI is InChI=1S/C21H20ClN3O2S/c1-2-17(14-7-4-3-5-8-14)21(26)23-20-18-12-28(27)13-19(18)24-25(20)16-10-6-9-15(22)11-16/h3-11,17H,2,12-13H2,1H3,(H,23,26)/t17-,28+/m1/s1. The lowest BCUT2D eigenvalue weighted by molar-refractivity contribution is -0.117. The Kier molecular flexibility index (Phi) is 5.33. The van der Waals surface area contributed by atoms with E-state index < -0.39 is 10.8 Å². The second kappa shape index (κ2) is 7.89. The van der Waals surface area contributed by atoms with Crippen LogP contribution in [0, 0.1) is 0 Å². The van der Waals surface area contributed by atoms with Crippen LogP contribution in [0.4, 0.5) is 5.82 Å². The van der Waals surface area contributed by atoms with Crippen LogP contribution in [0.1, 0.15) is 36.1 Å². The van der Waals surface area contributed by atoms with Crippen LogP contribution in [-0.2, 0) is 27.1 Å². The molecule has 0 spiro atoms. The first kappa shape index (κ1) is 18.9. The lowest BCUT2D eigenvalue weighted by atomic mass is 9.95. The largest absolute Gasteiger partial charge is 0.310 e. The molecule has 1 amide bonds. The van der Waals surface area contributed by atoms with E-state index in [9.17, 15) is 9.00 Å². The van der Waals surface area contributed by atoms with Gasteiger partial charge in [0.15, 0.2) is 0 Å². The maximum atomic E-state index is 13.1. The number of fused-ring (bicyclic) bond motifs is 1. The van der Waals surface area contributed by atoms with Crippen molar-refractivity contribution in [1.82, 2.24) is 9.78 Å². The summed E-state index contributed by atoms with van der Waals surface area (Å²) in [4.78, 5) is 13.1. The number of rotatable bonds is 5. The van der Waals surface area contributed by atoms with E-state index >= 15 is 0 Å². The van der Waals surface area contributed by atoms with Crippen LogP contribution in [0.2, 0.25) is 5.02 Å². The molecule has 0 radical (unpaired) electrons. The Bertz CT molecular complexity index is 1050. The zero-order chi connectivity index (χ0) is 19.7. The number of nitrogens with zero attached hydrogens (tertiary/aromatic N) is 2. The smallest absolute Gasteiger partial charge is 0.233 e. The van der Waals surface area contributed by atoms with Crippen LogP contribution in [0.3, 0.4) is 0 Å². The number of halogens is 1. The van der Waals surface area contributed by atoms with Gasteiger partial charge in [-0.15, -0.1) is 0 Å². The molecule has 1 aliphatic rings. The van der Waals surface area contributed by atoms with E-state index in [1.807, 2.05) is 49.4 Å². The maximum Gasteiger partial charge on any atom is 0.233 e. The van der Waals surface area contributed by atoms with E-state index in [0.717, 1.165) is 22.5 Å². The summed E-state index contributed by atoms with van der Waals surface area (Å²) in [5.41, 5.74) is 3.34. The van der Waals surface area contributed by atoms with Crippen molar-refractivity contribution in [3.63, 3.8) is 0 Å². The highest BCUT2D eigenvalue weighted by Gasteiger charge is 2.30. The molecule has 1 aromatic heterocycles. The molecule has 2 heterocycles. The molecule has 2 aromatic carbocycles. The lowest BCUT2D eigenvalue weighted by Crippen LogP contribution is -2.23. The molecule has 3 aromatic rings. The molecule has 1 aliphatic heterocycles. The first-order valence-corrected chi connectivity index (χ1v) is 11.0. The monoisotopic (exact) mass is 413 g/mol. The average molecular weight is 414 g/mol. The normalized spacial score (nSPS) is 16.6. The Labute approximate surface area is 171 Å². The van der Waals surface area contributed by atoms with Crippen LogP contribution in [0.5, 0.6) is 0 Å². The van der Waals surface area contributed by atoms with Crippen molar-refractivity contribution in [1.29, 1.82) is 0 Å². The first-order valence-electron chi connectivity index (χ1n) is 9.14. The summed E-state index contributed by atoms with van der Waals surface area (Å²) in [5, 5.41) is 8.26. The molecule has 1 N–H and O–H groups in total. The number of benzene rings is 2. The molecular weight excluding hydrogens is 394 g/mol. The molecule has 144 valence electrons. The highest BCUT2D eigenvalue weighted by molar-refractivity contribution is 7.83. The number of nitrogens with one attached hydrogen (secondary N) is 1. The highest BCUT2D eigenvalue weighted by atomic mass is 35.5. The summed E-state index contributed by atoms with van der Waals surface area (Å²) >= 11 is 6.15. The van der Waals surface area contributed by atoms with Crippen molar-refractivity contribution in [2.75, 3.05) is 5.32 Å². The Hall–Kier alpha value is -2.44. The van der Waals surface area contributed by atoms with E-state index in [4.69, 9.17) is 11.6 Å². The molecular formula is C21H20ClN3O2S. The lowest BCUT2D eigenvalue weighted by Gasteiger charge is -2.17. The second-order valence-electron chi connectivity index (χ2n) is 6.75. The molecule has 0 unspecified atom stereocenters. The SMILES string of the molecule is CC[C@@H](C(=O)Nc1c2c(nn1-c1cccc(Cl)c1)C[S@@](=O)C2)c1ccccc1. The van der Waals surface area contributed by atoms with Crippen LogP contribution in [-0.4, -0.2) is 19.9 Å². The zero-order valence-corrected chi connectivity index (χ0v) is 17.0. The number of carbonyl (C=O) groups is 1. The van der Waals surface area contributed by atoms with Gasteiger partial charge < -0.3 is 5.32 Å². The minimum Gasteiger partial charge on any atom is -0.310 e. The van der Waals surface area contributed by atoms with Crippen molar-refractivity contribution in [3.05, 3.63) is 76.4 Å². The fourth-order valence-corrected chi connectivity index (χ4v) is 4.96. The molecule has 0 fully saturated rings. The van der Waals surface area contributed by atoms with E-state index in [-0.39, 0.29) is 11.8 Å². The molecule has 0 saturated heterocycles. The first-order chi connectivity index (χ1) is 13.6. The van der Waals surface area contributed by atoms with Gasteiger partial charge in [0.25, 0.3) is 0 Å². The fraction of sp³-hybridized carbons (Fsp3) is 0.238. The van der Waals surface area contributed by atoms with Crippen LogP contribution in [0.15, 0.2) is 54.6 Å². The Morgan fingerprint density at radius 3 is 2.71 bits per heavy atom. The zero-order valence-electron chi connectivity index (χ0n) is 15.4. The summed E-state index contributed by atoms with van der Waals surface area (Å²) in [5.74, 6) is 1.02. The number of amides is 1. The molecule has 7 heteroatoms. The van der Waals surface area contributed by atoms with Gasteiger partial charge in [-0.05, 0) is 30.2 Å². The molecule has 4 rings (SSSR count). The van der Waals surface area contributed by atoms with E-state index in [2.05, 4.69) is 10.4 Å². The highest BCUT2D eigenvalue weighted by Crippen LogP contribution is 2.33.